The molecule has 0 fully saturated rings. The van der Waals surface area contributed by atoms with Crippen molar-refractivity contribution in [2.45, 2.75) is 24.7 Å². The molecule has 0 aliphatic carbocycles. The van der Waals surface area contributed by atoms with Crippen LogP contribution in [0.25, 0.3) is 0 Å². The van der Waals surface area contributed by atoms with Crippen LogP contribution in [-0.2, 0) is 10.0 Å². The standard InChI is InChI=1S/C11H14ClN3O2S/c1-2-3-6-13-11-14-9-7-8(12)4-5-10(9)18(16,17)15-11/h4-5,7H,2-3,6H2,1H3,(H2,13,14,15). The molecule has 2 N–H and O–H groups in total. The molecule has 1 aromatic rings. The molecule has 1 heterocycles. The topological polar surface area (TPSA) is 70.6 Å². The van der Waals surface area contributed by atoms with E-state index in [2.05, 4.69) is 15.0 Å². The molecule has 98 valence electrons. The second kappa shape index (κ2) is 5.16. The number of hydrogen-bond acceptors (Lipinski definition) is 3. The third-order valence-electron chi connectivity index (χ3n) is 2.50. The number of anilines is 1. The SMILES string of the molecule is CCCCN=C1Nc2cc(Cl)ccc2S(=O)(=O)N1. The van der Waals surface area contributed by atoms with Gasteiger partial charge >= 0.3 is 0 Å². The van der Waals surface area contributed by atoms with Crippen LogP contribution in [0.15, 0.2) is 28.1 Å². The zero-order valence-corrected chi connectivity index (χ0v) is 11.5. The van der Waals surface area contributed by atoms with Crippen LogP contribution in [-0.4, -0.2) is 20.9 Å². The van der Waals surface area contributed by atoms with E-state index in [-0.39, 0.29) is 10.9 Å². The molecule has 0 atom stereocenters. The number of nitrogens with one attached hydrogen (secondary N) is 2. The van der Waals surface area contributed by atoms with E-state index in [4.69, 9.17) is 11.6 Å². The molecule has 0 amide bonds. The Balaban J connectivity index is 2.33. The molecule has 0 aromatic heterocycles. The van der Waals surface area contributed by atoms with Crippen LogP contribution in [0.4, 0.5) is 5.69 Å². The number of nitrogens with zero attached hydrogens (tertiary/aromatic N) is 1. The minimum Gasteiger partial charge on any atom is -0.324 e. The van der Waals surface area contributed by atoms with Gasteiger partial charge in [0, 0.05) is 11.6 Å². The summed E-state index contributed by atoms with van der Waals surface area (Å²) < 4.78 is 26.3. The molecule has 0 unspecified atom stereocenters. The Bertz CT molecular complexity index is 584. The van der Waals surface area contributed by atoms with Gasteiger partial charge in [-0.1, -0.05) is 24.9 Å². The molecule has 1 aliphatic rings. The summed E-state index contributed by atoms with van der Waals surface area (Å²) >= 11 is 5.85. The molecule has 0 radical (unpaired) electrons. The third-order valence-corrected chi connectivity index (χ3v) is 4.13. The monoisotopic (exact) mass is 287 g/mol. The summed E-state index contributed by atoms with van der Waals surface area (Å²) in [6.07, 6.45) is 1.92. The van der Waals surface area contributed by atoms with E-state index in [1.54, 1.807) is 12.1 Å². The highest BCUT2D eigenvalue weighted by Crippen LogP contribution is 2.27. The maximum absolute atomic E-state index is 12.0. The fourth-order valence-electron chi connectivity index (χ4n) is 1.59. The lowest BCUT2D eigenvalue weighted by molar-refractivity contribution is 0.591. The van der Waals surface area contributed by atoms with Gasteiger partial charge in [-0.2, -0.15) is 0 Å². The molecule has 0 saturated heterocycles. The summed E-state index contributed by atoms with van der Waals surface area (Å²) in [5.41, 5.74) is 0.455. The van der Waals surface area contributed by atoms with E-state index in [1.165, 1.54) is 6.07 Å². The third kappa shape index (κ3) is 2.76. The molecular formula is C11H14ClN3O2S. The Hall–Kier alpha value is -1.27. The van der Waals surface area contributed by atoms with Crippen molar-refractivity contribution < 1.29 is 8.42 Å². The van der Waals surface area contributed by atoms with Gasteiger partial charge in [0.1, 0.15) is 4.90 Å². The predicted molar refractivity (Wildman–Crippen MR) is 72.6 cm³/mol. The summed E-state index contributed by atoms with van der Waals surface area (Å²) in [6.45, 7) is 2.63. The van der Waals surface area contributed by atoms with Crippen LogP contribution in [0, 0.1) is 0 Å². The second-order valence-electron chi connectivity index (χ2n) is 3.95. The maximum atomic E-state index is 12.0. The van der Waals surface area contributed by atoms with Crippen LogP contribution < -0.4 is 10.0 Å². The molecule has 5 nitrogen and oxygen atoms in total. The Morgan fingerprint density at radius 3 is 2.89 bits per heavy atom. The van der Waals surface area contributed by atoms with Crippen molar-refractivity contribution in [2.75, 3.05) is 11.9 Å². The number of hydrogen-bond donors (Lipinski definition) is 2. The minimum atomic E-state index is -3.55. The molecule has 0 spiro atoms. The van der Waals surface area contributed by atoms with E-state index in [0.29, 0.717) is 17.3 Å². The smallest absolute Gasteiger partial charge is 0.266 e. The highest BCUT2D eigenvalue weighted by Gasteiger charge is 2.26. The van der Waals surface area contributed by atoms with E-state index in [0.717, 1.165) is 12.8 Å². The molecule has 1 aliphatic heterocycles. The van der Waals surface area contributed by atoms with Gasteiger partial charge in [-0.05, 0) is 24.6 Å². The summed E-state index contributed by atoms with van der Waals surface area (Å²) in [5.74, 6) is 0.248. The molecule has 1 aromatic carbocycles. The number of rotatable bonds is 3. The van der Waals surface area contributed by atoms with Crippen LogP contribution in [0.3, 0.4) is 0 Å². The molecule has 2 rings (SSSR count). The first kappa shape index (κ1) is 13.2. The highest BCUT2D eigenvalue weighted by atomic mass is 35.5. The number of aliphatic imine (C=N–C) groups is 1. The van der Waals surface area contributed by atoms with E-state index < -0.39 is 10.0 Å². The lowest BCUT2D eigenvalue weighted by Crippen LogP contribution is -2.40. The second-order valence-corrected chi connectivity index (χ2v) is 6.04. The lowest BCUT2D eigenvalue weighted by atomic mass is 10.3. The van der Waals surface area contributed by atoms with E-state index in [1.807, 2.05) is 6.92 Å². The Morgan fingerprint density at radius 2 is 2.17 bits per heavy atom. The number of halogens is 1. The van der Waals surface area contributed by atoms with Crippen LogP contribution in [0.1, 0.15) is 19.8 Å². The van der Waals surface area contributed by atoms with Gasteiger partial charge in [-0.3, -0.25) is 4.99 Å². The fraction of sp³-hybridized carbons (Fsp3) is 0.364. The van der Waals surface area contributed by atoms with Crippen molar-refractivity contribution in [1.82, 2.24) is 4.72 Å². The zero-order valence-electron chi connectivity index (χ0n) is 9.90. The van der Waals surface area contributed by atoms with Crippen molar-refractivity contribution in [3.63, 3.8) is 0 Å². The molecule has 0 saturated carbocycles. The van der Waals surface area contributed by atoms with Gasteiger partial charge in [0.2, 0.25) is 5.96 Å². The number of benzene rings is 1. The van der Waals surface area contributed by atoms with Gasteiger partial charge in [-0.15, -0.1) is 0 Å². The number of guanidine groups is 1. The van der Waals surface area contributed by atoms with Crippen LogP contribution in [0.5, 0.6) is 0 Å². The predicted octanol–water partition coefficient (Wildman–Crippen LogP) is 2.20. The summed E-state index contributed by atoms with van der Waals surface area (Å²) in [6, 6.07) is 4.58. The van der Waals surface area contributed by atoms with E-state index >= 15 is 0 Å². The van der Waals surface area contributed by atoms with Gasteiger partial charge in [0.25, 0.3) is 10.0 Å². The average Bonchev–Trinajstić information content (AvgIpc) is 2.27. The largest absolute Gasteiger partial charge is 0.324 e. The van der Waals surface area contributed by atoms with Gasteiger partial charge in [0.05, 0.1) is 5.69 Å². The van der Waals surface area contributed by atoms with Crippen molar-refractivity contribution in [1.29, 1.82) is 0 Å². The maximum Gasteiger partial charge on any atom is 0.266 e. The Morgan fingerprint density at radius 1 is 1.39 bits per heavy atom. The van der Waals surface area contributed by atoms with Crippen molar-refractivity contribution in [2.24, 2.45) is 4.99 Å². The van der Waals surface area contributed by atoms with Crippen LogP contribution >= 0.6 is 11.6 Å². The fourth-order valence-corrected chi connectivity index (χ4v) is 2.89. The van der Waals surface area contributed by atoms with E-state index in [9.17, 15) is 8.42 Å². The Kier molecular flexibility index (Phi) is 3.77. The van der Waals surface area contributed by atoms with Gasteiger partial charge in [0.15, 0.2) is 0 Å². The number of sulfonamides is 1. The highest BCUT2D eigenvalue weighted by molar-refractivity contribution is 7.90. The first-order chi connectivity index (χ1) is 8.53. The normalized spacial score (nSPS) is 18.9. The number of fused-ring (bicyclic) bond motifs is 1. The summed E-state index contributed by atoms with van der Waals surface area (Å²) in [7, 11) is -3.55. The van der Waals surface area contributed by atoms with Gasteiger partial charge < -0.3 is 5.32 Å². The quantitative estimate of drug-likeness (QED) is 0.837. The van der Waals surface area contributed by atoms with Gasteiger partial charge in [-0.25, -0.2) is 13.1 Å². The number of unbranched alkanes of at least 4 members (excludes halogenated alkanes) is 1. The molecule has 18 heavy (non-hydrogen) atoms. The molecular weight excluding hydrogens is 274 g/mol. The van der Waals surface area contributed by atoms with Crippen molar-refractivity contribution in [3.05, 3.63) is 23.2 Å². The Labute approximate surface area is 111 Å². The van der Waals surface area contributed by atoms with Crippen molar-refractivity contribution in [3.8, 4) is 0 Å². The van der Waals surface area contributed by atoms with Crippen LogP contribution in [0.2, 0.25) is 5.02 Å². The summed E-state index contributed by atoms with van der Waals surface area (Å²) in [5, 5.41) is 3.41. The summed E-state index contributed by atoms with van der Waals surface area (Å²) in [4.78, 5) is 4.35. The first-order valence-corrected chi connectivity index (χ1v) is 7.53. The first-order valence-electron chi connectivity index (χ1n) is 5.67. The molecule has 0 bridgehead atoms. The minimum absolute atomic E-state index is 0.182. The van der Waals surface area contributed by atoms with Crippen molar-refractivity contribution >= 4 is 33.3 Å². The molecule has 7 heteroatoms. The lowest BCUT2D eigenvalue weighted by Gasteiger charge is -2.21. The average molecular weight is 288 g/mol. The zero-order chi connectivity index (χ0) is 13.2.